The first-order valence-corrected chi connectivity index (χ1v) is 8.28. The Morgan fingerprint density at radius 3 is 2.26 bits per heavy atom. The third-order valence-electron chi connectivity index (χ3n) is 3.31. The fraction of sp³-hybridized carbons (Fsp3) is 0.500. The van der Waals surface area contributed by atoms with Crippen molar-refractivity contribution in [1.82, 2.24) is 4.72 Å². The summed E-state index contributed by atoms with van der Waals surface area (Å²) in [5.41, 5.74) is -1.74. The number of halogens is 1. The molecule has 1 rings (SSSR count). The number of ether oxygens (including phenoxy) is 2. The summed E-state index contributed by atoms with van der Waals surface area (Å²) < 4.78 is 50.8. The molecule has 0 heterocycles. The van der Waals surface area contributed by atoms with E-state index >= 15 is 0 Å². The third-order valence-corrected chi connectivity index (χ3v) is 4.92. The molecule has 0 aromatic heterocycles. The Labute approximate surface area is 134 Å². The Balaban J connectivity index is 3.36. The molecule has 0 aliphatic rings. The van der Waals surface area contributed by atoms with Gasteiger partial charge in [0.2, 0.25) is 10.0 Å². The van der Waals surface area contributed by atoms with Gasteiger partial charge in [-0.15, -0.1) is 0 Å². The summed E-state index contributed by atoms with van der Waals surface area (Å²) in [6.07, 6.45) is 0.482. The molecule has 0 radical (unpaired) electrons. The molecule has 2 N–H and O–H groups in total. The minimum atomic E-state index is -4.41. The Hall–Kier alpha value is -1.87. The number of nitrogens with one attached hydrogen (secondary N) is 1. The summed E-state index contributed by atoms with van der Waals surface area (Å²) in [5, 5.41) is 9.26. The van der Waals surface area contributed by atoms with Crippen LogP contribution in [-0.4, -0.2) is 39.3 Å². The van der Waals surface area contributed by atoms with Crippen molar-refractivity contribution in [2.24, 2.45) is 0 Å². The fourth-order valence-corrected chi connectivity index (χ4v) is 3.56. The number of sulfonamides is 1. The number of hydrogen-bond donors (Lipinski definition) is 2. The van der Waals surface area contributed by atoms with Crippen LogP contribution in [0, 0.1) is 5.82 Å². The normalized spacial score (nSPS) is 14.1. The third kappa shape index (κ3) is 4.11. The summed E-state index contributed by atoms with van der Waals surface area (Å²) in [7, 11) is -1.85. The molecular weight excluding hydrogens is 329 g/mol. The summed E-state index contributed by atoms with van der Waals surface area (Å²) >= 11 is 0. The van der Waals surface area contributed by atoms with Gasteiger partial charge in [0.05, 0.1) is 14.2 Å². The molecule has 0 spiro atoms. The SMILES string of the molecule is CCC[C@](C)(NS(=O)(=O)c1cc(OC)c(OC)cc1F)C(=O)O. The Morgan fingerprint density at radius 1 is 1.30 bits per heavy atom. The molecule has 0 saturated heterocycles. The maximum atomic E-state index is 14.1. The van der Waals surface area contributed by atoms with Gasteiger partial charge in [-0.25, -0.2) is 12.8 Å². The standard InChI is InChI=1S/C14H20FNO6S/c1-5-6-14(2,13(17)18)16-23(19,20)12-8-11(22-4)10(21-3)7-9(12)15/h7-8,16H,5-6H2,1-4H3,(H,17,18)/t14-/m0/s1. The molecule has 0 bridgehead atoms. The smallest absolute Gasteiger partial charge is 0.324 e. The quantitative estimate of drug-likeness (QED) is 0.741. The van der Waals surface area contributed by atoms with Gasteiger partial charge in [-0.1, -0.05) is 13.3 Å². The molecule has 23 heavy (non-hydrogen) atoms. The summed E-state index contributed by atoms with van der Waals surface area (Å²) in [6.45, 7) is 2.95. The second-order valence-corrected chi connectivity index (χ2v) is 6.78. The first-order valence-electron chi connectivity index (χ1n) is 6.80. The predicted octanol–water partition coefficient (Wildman–Crippen LogP) is 1.76. The number of aliphatic carboxylic acids is 1. The van der Waals surface area contributed by atoms with Crippen molar-refractivity contribution in [3.63, 3.8) is 0 Å². The van der Waals surface area contributed by atoms with Crippen LogP contribution in [-0.2, 0) is 14.8 Å². The van der Waals surface area contributed by atoms with Crippen LogP contribution in [0.4, 0.5) is 4.39 Å². The highest BCUT2D eigenvalue weighted by Gasteiger charge is 2.38. The van der Waals surface area contributed by atoms with E-state index in [4.69, 9.17) is 9.47 Å². The van der Waals surface area contributed by atoms with E-state index in [-0.39, 0.29) is 17.9 Å². The number of benzene rings is 1. The fourth-order valence-electron chi connectivity index (χ4n) is 2.09. The topological polar surface area (TPSA) is 102 Å². The number of methoxy groups -OCH3 is 2. The van der Waals surface area contributed by atoms with Gasteiger partial charge in [-0.2, -0.15) is 4.72 Å². The van der Waals surface area contributed by atoms with E-state index in [1.165, 1.54) is 21.1 Å². The summed E-state index contributed by atoms with van der Waals surface area (Å²) in [5.74, 6) is -2.37. The number of hydrogen-bond acceptors (Lipinski definition) is 5. The van der Waals surface area contributed by atoms with Crippen LogP contribution >= 0.6 is 0 Å². The van der Waals surface area contributed by atoms with E-state index in [2.05, 4.69) is 4.72 Å². The Kier molecular flexibility index (Phi) is 5.95. The average Bonchev–Trinajstić information content (AvgIpc) is 2.46. The molecule has 0 aliphatic heterocycles. The monoisotopic (exact) mass is 349 g/mol. The van der Waals surface area contributed by atoms with E-state index in [0.29, 0.717) is 6.42 Å². The van der Waals surface area contributed by atoms with Crippen molar-refractivity contribution in [3.05, 3.63) is 17.9 Å². The van der Waals surface area contributed by atoms with Gasteiger partial charge < -0.3 is 14.6 Å². The lowest BCUT2D eigenvalue weighted by atomic mass is 9.98. The number of carboxylic acids is 1. The maximum absolute atomic E-state index is 14.1. The van der Waals surface area contributed by atoms with Crippen molar-refractivity contribution in [2.45, 2.75) is 37.1 Å². The number of carboxylic acid groups (broad SMARTS) is 1. The predicted molar refractivity (Wildman–Crippen MR) is 80.8 cm³/mol. The molecule has 7 nitrogen and oxygen atoms in total. The second kappa shape index (κ2) is 7.14. The van der Waals surface area contributed by atoms with Gasteiger partial charge in [-0.3, -0.25) is 4.79 Å². The van der Waals surface area contributed by atoms with Gasteiger partial charge in [0.1, 0.15) is 16.3 Å². The Bertz CT molecular complexity index is 691. The number of rotatable bonds is 8. The van der Waals surface area contributed by atoms with E-state index in [9.17, 15) is 22.7 Å². The van der Waals surface area contributed by atoms with Crippen LogP contribution < -0.4 is 14.2 Å². The summed E-state index contributed by atoms with van der Waals surface area (Å²) in [4.78, 5) is 10.7. The minimum Gasteiger partial charge on any atom is -0.493 e. The van der Waals surface area contributed by atoms with Crippen LogP contribution in [0.15, 0.2) is 17.0 Å². The molecule has 9 heteroatoms. The Morgan fingerprint density at radius 2 is 1.83 bits per heavy atom. The van der Waals surface area contributed by atoms with E-state index in [1.807, 2.05) is 0 Å². The van der Waals surface area contributed by atoms with E-state index < -0.39 is 32.2 Å². The highest BCUT2D eigenvalue weighted by Crippen LogP contribution is 2.32. The molecule has 1 aromatic carbocycles. The zero-order valence-electron chi connectivity index (χ0n) is 13.3. The molecule has 1 aromatic rings. The first-order chi connectivity index (χ1) is 10.6. The van der Waals surface area contributed by atoms with E-state index in [0.717, 1.165) is 12.1 Å². The molecule has 0 aliphatic carbocycles. The van der Waals surface area contributed by atoms with Crippen LogP contribution in [0.25, 0.3) is 0 Å². The second-order valence-electron chi connectivity index (χ2n) is 5.13. The first kappa shape index (κ1) is 19.2. The molecule has 1 atom stereocenters. The van der Waals surface area contributed by atoms with Crippen LogP contribution in [0.2, 0.25) is 0 Å². The van der Waals surface area contributed by atoms with Crippen molar-refractivity contribution in [1.29, 1.82) is 0 Å². The van der Waals surface area contributed by atoms with Gasteiger partial charge in [0.25, 0.3) is 0 Å². The van der Waals surface area contributed by atoms with E-state index in [1.54, 1.807) is 6.92 Å². The lowest BCUT2D eigenvalue weighted by Gasteiger charge is -2.25. The highest BCUT2D eigenvalue weighted by atomic mass is 32.2. The highest BCUT2D eigenvalue weighted by molar-refractivity contribution is 7.89. The summed E-state index contributed by atoms with van der Waals surface area (Å²) in [6, 6.07) is 1.82. The lowest BCUT2D eigenvalue weighted by molar-refractivity contribution is -0.143. The van der Waals surface area contributed by atoms with Crippen molar-refractivity contribution < 1.29 is 32.2 Å². The molecule has 0 saturated carbocycles. The lowest BCUT2D eigenvalue weighted by Crippen LogP contribution is -2.52. The zero-order valence-corrected chi connectivity index (χ0v) is 14.2. The van der Waals surface area contributed by atoms with Gasteiger partial charge >= 0.3 is 5.97 Å². The van der Waals surface area contributed by atoms with Crippen LogP contribution in [0.3, 0.4) is 0 Å². The van der Waals surface area contributed by atoms with Crippen molar-refractivity contribution in [2.75, 3.05) is 14.2 Å². The largest absolute Gasteiger partial charge is 0.493 e. The minimum absolute atomic E-state index is 0.0156. The van der Waals surface area contributed by atoms with Crippen molar-refractivity contribution >= 4 is 16.0 Å². The zero-order chi connectivity index (χ0) is 17.8. The maximum Gasteiger partial charge on any atom is 0.324 e. The van der Waals surface area contributed by atoms with Crippen LogP contribution in [0.1, 0.15) is 26.7 Å². The number of carbonyl (C=O) groups is 1. The van der Waals surface area contributed by atoms with Gasteiger partial charge in [0.15, 0.2) is 11.5 Å². The van der Waals surface area contributed by atoms with Gasteiger partial charge in [0, 0.05) is 12.1 Å². The van der Waals surface area contributed by atoms with Gasteiger partial charge in [-0.05, 0) is 13.3 Å². The molecule has 0 fully saturated rings. The van der Waals surface area contributed by atoms with Crippen molar-refractivity contribution in [3.8, 4) is 11.5 Å². The molecule has 0 amide bonds. The van der Waals surface area contributed by atoms with Crippen LogP contribution in [0.5, 0.6) is 11.5 Å². The average molecular weight is 349 g/mol. The molecule has 0 unspecified atom stereocenters. The molecular formula is C14H20FNO6S. The molecule has 130 valence electrons.